The van der Waals surface area contributed by atoms with Crippen LogP contribution >= 0.6 is 11.3 Å². The Labute approximate surface area is 62.8 Å². The van der Waals surface area contributed by atoms with Crippen molar-refractivity contribution in [1.82, 2.24) is 0 Å². The van der Waals surface area contributed by atoms with Crippen LogP contribution in [0.5, 0.6) is 0 Å². The van der Waals surface area contributed by atoms with Crippen molar-refractivity contribution in [2.75, 3.05) is 0 Å². The summed E-state index contributed by atoms with van der Waals surface area (Å²) in [5.41, 5.74) is 6.16. The van der Waals surface area contributed by atoms with Crippen LogP contribution in [0.4, 0.5) is 0 Å². The first-order chi connectivity index (χ1) is 4.75. The molecule has 54 valence electrons. The zero-order valence-electron chi connectivity index (χ0n) is 5.53. The molecule has 0 saturated carbocycles. The van der Waals surface area contributed by atoms with Crippen molar-refractivity contribution in [3.8, 4) is 0 Å². The predicted octanol–water partition coefficient (Wildman–Crippen LogP) is 1.15. The highest BCUT2D eigenvalue weighted by molar-refractivity contribution is 7.10. The first kappa shape index (κ1) is 7.08. The topological polar surface area (TPSA) is 58.6 Å². The van der Waals surface area contributed by atoms with Crippen LogP contribution < -0.4 is 5.73 Å². The maximum atomic E-state index is 8.30. The summed E-state index contributed by atoms with van der Waals surface area (Å²) in [7, 11) is 0. The number of aryl methyl sites for hydroxylation is 1. The van der Waals surface area contributed by atoms with Crippen LogP contribution in [0.15, 0.2) is 16.6 Å². The second kappa shape index (κ2) is 2.70. The maximum absolute atomic E-state index is 8.30. The molecule has 1 aromatic rings. The van der Waals surface area contributed by atoms with Crippen molar-refractivity contribution in [3.63, 3.8) is 0 Å². The Morgan fingerprint density at radius 3 is 2.90 bits per heavy atom. The summed E-state index contributed by atoms with van der Waals surface area (Å²) in [5, 5.41) is 13.1. The van der Waals surface area contributed by atoms with E-state index < -0.39 is 0 Å². The fraction of sp³-hybridized carbons (Fsp3) is 0.167. The van der Waals surface area contributed by atoms with Gasteiger partial charge in [0.05, 0.1) is 0 Å². The molecule has 3 nitrogen and oxygen atoms in total. The molecule has 0 amide bonds. The van der Waals surface area contributed by atoms with Crippen LogP contribution in [0.2, 0.25) is 0 Å². The van der Waals surface area contributed by atoms with Crippen molar-refractivity contribution in [2.24, 2.45) is 10.9 Å². The number of nitrogens with two attached hydrogens (primary N) is 1. The standard InChI is InChI=1S/C6H8N2OS/c1-4-5(2-3-10-4)6(7)8-9/h2-3,9H,1H3,(H2,7,8). The van der Waals surface area contributed by atoms with Gasteiger partial charge in [-0.15, -0.1) is 11.3 Å². The molecule has 0 aliphatic carbocycles. The van der Waals surface area contributed by atoms with Gasteiger partial charge in [0, 0.05) is 10.4 Å². The molecule has 0 atom stereocenters. The van der Waals surface area contributed by atoms with E-state index in [1.54, 1.807) is 11.3 Å². The van der Waals surface area contributed by atoms with E-state index in [1.807, 2.05) is 18.4 Å². The monoisotopic (exact) mass is 156 g/mol. The van der Waals surface area contributed by atoms with Gasteiger partial charge in [0.1, 0.15) is 0 Å². The van der Waals surface area contributed by atoms with E-state index in [-0.39, 0.29) is 5.84 Å². The molecule has 4 heteroatoms. The van der Waals surface area contributed by atoms with Crippen LogP contribution in [0, 0.1) is 6.92 Å². The van der Waals surface area contributed by atoms with Gasteiger partial charge in [-0.05, 0) is 18.4 Å². The van der Waals surface area contributed by atoms with Crippen LogP contribution in [-0.2, 0) is 0 Å². The van der Waals surface area contributed by atoms with Gasteiger partial charge in [-0.25, -0.2) is 0 Å². The summed E-state index contributed by atoms with van der Waals surface area (Å²) in [6, 6.07) is 1.83. The van der Waals surface area contributed by atoms with Gasteiger partial charge in [-0.1, -0.05) is 5.16 Å². The minimum Gasteiger partial charge on any atom is -0.409 e. The number of nitrogens with zero attached hydrogens (tertiary/aromatic N) is 1. The highest BCUT2D eigenvalue weighted by Gasteiger charge is 2.02. The van der Waals surface area contributed by atoms with Crippen LogP contribution in [0.3, 0.4) is 0 Å². The number of rotatable bonds is 1. The molecule has 3 N–H and O–H groups in total. The lowest BCUT2D eigenvalue weighted by Gasteiger charge is -1.93. The molecule has 0 unspecified atom stereocenters. The summed E-state index contributed by atoms with van der Waals surface area (Å²) in [6.07, 6.45) is 0. The summed E-state index contributed by atoms with van der Waals surface area (Å²) in [6.45, 7) is 1.93. The molecule has 0 aromatic carbocycles. The zero-order chi connectivity index (χ0) is 7.56. The van der Waals surface area contributed by atoms with E-state index in [4.69, 9.17) is 10.9 Å². The molecule has 0 saturated heterocycles. The van der Waals surface area contributed by atoms with Gasteiger partial charge < -0.3 is 10.9 Å². The summed E-state index contributed by atoms with van der Waals surface area (Å²) in [4.78, 5) is 1.07. The van der Waals surface area contributed by atoms with E-state index >= 15 is 0 Å². The maximum Gasteiger partial charge on any atom is 0.171 e. The van der Waals surface area contributed by atoms with Crippen LogP contribution in [-0.4, -0.2) is 11.0 Å². The van der Waals surface area contributed by atoms with Gasteiger partial charge in [-0.3, -0.25) is 0 Å². The fourth-order valence-electron chi connectivity index (χ4n) is 0.705. The first-order valence-electron chi connectivity index (χ1n) is 2.77. The van der Waals surface area contributed by atoms with Gasteiger partial charge >= 0.3 is 0 Å². The molecule has 10 heavy (non-hydrogen) atoms. The quantitative estimate of drug-likeness (QED) is 0.277. The van der Waals surface area contributed by atoms with Gasteiger partial charge in [0.2, 0.25) is 0 Å². The Bertz CT molecular complexity index is 254. The first-order valence-corrected chi connectivity index (χ1v) is 3.65. The number of hydrogen-bond acceptors (Lipinski definition) is 3. The van der Waals surface area contributed by atoms with Crippen molar-refractivity contribution >= 4 is 17.2 Å². The molecule has 0 bridgehead atoms. The second-order valence-corrected chi connectivity index (χ2v) is 3.00. The molecule has 0 fully saturated rings. The van der Waals surface area contributed by atoms with Crippen molar-refractivity contribution < 1.29 is 5.21 Å². The van der Waals surface area contributed by atoms with Crippen LogP contribution in [0.1, 0.15) is 10.4 Å². The summed E-state index contributed by atoms with van der Waals surface area (Å²) >= 11 is 1.58. The molecular formula is C6H8N2OS. The normalized spacial score (nSPS) is 11.9. The Hall–Kier alpha value is -1.03. The molecule has 1 aromatic heterocycles. The van der Waals surface area contributed by atoms with Crippen molar-refractivity contribution in [1.29, 1.82) is 0 Å². The average molecular weight is 156 g/mol. The SMILES string of the molecule is Cc1sccc1C(N)=NO. The Kier molecular flexibility index (Phi) is 1.91. The van der Waals surface area contributed by atoms with Gasteiger partial charge in [0.25, 0.3) is 0 Å². The lowest BCUT2D eigenvalue weighted by molar-refractivity contribution is 0.318. The Morgan fingerprint density at radius 1 is 1.80 bits per heavy atom. The average Bonchev–Trinajstić information content (AvgIpc) is 2.34. The van der Waals surface area contributed by atoms with E-state index in [1.165, 1.54) is 0 Å². The fourth-order valence-corrected chi connectivity index (χ4v) is 1.41. The van der Waals surface area contributed by atoms with Crippen molar-refractivity contribution in [2.45, 2.75) is 6.92 Å². The number of hydrogen-bond donors (Lipinski definition) is 2. The predicted molar refractivity (Wildman–Crippen MR) is 41.6 cm³/mol. The van der Waals surface area contributed by atoms with E-state index in [2.05, 4.69) is 5.16 Å². The van der Waals surface area contributed by atoms with Crippen molar-refractivity contribution in [3.05, 3.63) is 21.9 Å². The zero-order valence-corrected chi connectivity index (χ0v) is 6.35. The largest absolute Gasteiger partial charge is 0.409 e. The third-order valence-corrected chi connectivity index (χ3v) is 2.09. The third kappa shape index (κ3) is 1.11. The molecule has 0 aliphatic heterocycles. The van der Waals surface area contributed by atoms with Crippen LogP contribution in [0.25, 0.3) is 0 Å². The lowest BCUT2D eigenvalue weighted by atomic mass is 10.2. The Morgan fingerprint density at radius 2 is 2.50 bits per heavy atom. The summed E-state index contributed by atoms with van der Waals surface area (Å²) in [5.74, 6) is 0.179. The summed E-state index contributed by atoms with van der Waals surface area (Å²) < 4.78 is 0. The highest BCUT2D eigenvalue weighted by Crippen LogP contribution is 2.13. The molecule has 0 spiro atoms. The molecular weight excluding hydrogens is 148 g/mol. The number of thiophene rings is 1. The highest BCUT2D eigenvalue weighted by atomic mass is 32.1. The third-order valence-electron chi connectivity index (χ3n) is 1.24. The Balaban J connectivity index is 3.05. The number of amidine groups is 1. The minimum atomic E-state index is 0.179. The lowest BCUT2D eigenvalue weighted by Crippen LogP contribution is -2.12. The molecule has 1 heterocycles. The number of oxime groups is 1. The second-order valence-electron chi connectivity index (χ2n) is 1.88. The van der Waals surface area contributed by atoms with Gasteiger partial charge in [0.15, 0.2) is 5.84 Å². The van der Waals surface area contributed by atoms with Gasteiger partial charge in [-0.2, -0.15) is 0 Å². The van der Waals surface area contributed by atoms with E-state index in [9.17, 15) is 0 Å². The molecule has 0 radical (unpaired) electrons. The molecule has 1 rings (SSSR count). The van der Waals surface area contributed by atoms with E-state index in [0.717, 1.165) is 10.4 Å². The molecule has 0 aliphatic rings. The van der Waals surface area contributed by atoms with E-state index in [0.29, 0.717) is 0 Å². The minimum absolute atomic E-state index is 0.179. The smallest absolute Gasteiger partial charge is 0.171 e.